The number of hydrogen-bond acceptors (Lipinski definition) is 3. The number of nitrogens with one attached hydrogen (secondary N) is 1. The maximum atomic E-state index is 11.6. The van der Waals surface area contributed by atoms with Crippen molar-refractivity contribution in [1.82, 2.24) is 15.2 Å². The SMILES string of the molecule is CC(=O)N(CCNC(=O)CC(C)C)Cc1ccccn1. The minimum atomic E-state index is -0.0197. The number of pyridine rings is 1. The molecule has 0 aliphatic heterocycles. The van der Waals surface area contributed by atoms with Crippen molar-refractivity contribution >= 4 is 11.8 Å². The zero-order valence-corrected chi connectivity index (χ0v) is 12.4. The maximum Gasteiger partial charge on any atom is 0.220 e. The number of carbonyl (C=O) groups excluding carboxylic acids is 2. The van der Waals surface area contributed by atoms with Gasteiger partial charge >= 0.3 is 0 Å². The monoisotopic (exact) mass is 277 g/mol. The van der Waals surface area contributed by atoms with Gasteiger partial charge in [-0.3, -0.25) is 14.6 Å². The van der Waals surface area contributed by atoms with Crippen LogP contribution in [0.3, 0.4) is 0 Å². The van der Waals surface area contributed by atoms with Gasteiger partial charge < -0.3 is 10.2 Å². The van der Waals surface area contributed by atoms with Crippen LogP contribution in [-0.2, 0) is 16.1 Å². The molecular formula is C15H23N3O2. The van der Waals surface area contributed by atoms with Crippen LogP contribution in [0.4, 0.5) is 0 Å². The number of aromatic nitrogens is 1. The highest BCUT2D eigenvalue weighted by atomic mass is 16.2. The molecule has 20 heavy (non-hydrogen) atoms. The second-order valence-electron chi connectivity index (χ2n) is 5.21. The quantitative estimate of drug-likeness (QED) is 0.823. The average molecular weight is 277 g/mol. The molecule has 0 radical (unpaired) electrons. The first-order valence-electron chi connectivity index (χ1n) is 6.91. The molecule has 110 valence electrons. The Balaban J connectivity index is 2.40. The van der Waals surface area contributed by atoms with Gasteiger partial charge in [-0.15, -0.1) is 0 Å². The second-order valence-corrected chi connectivity index (χ2v) is 5.21. The Morgan fingerprint density at radius 2 is 2.10 bits per heavy atom. The van der Waals surface area contributed by atoms with E-state index in [2.05, 4.69) is 10.3 Å². The third kappa shape index (κ3) is 6.31. The van der Waals surface area contributed by atoms with Gasteiger partial charge in [-0.2, -0.15) is 0 Å². The summed E-state index contributed by atoms with van der Waals surface area (Å²) in [5.41, 5.74) is 0.844. The first kappa shape index (κ1) is 16.1. The summed E-state index contributed by atoms with van der Waals surface area (Å²) in [4.78, 5) is 29.0. The van der Waals surface area contributed by atoms with Gasteiger partial charge in [-0.1, -0.05) is 19.9 Å². The summed E-state index contributed by atoms with van der Waals surface area (Å²) in [6, 6.07) is 5.62. The summed E-state index contributed by atoms with van der Waals surface area (Å²) in [6.07, 6.45) is 2.22. The molecule has 1 N–H and O–H groups in total. The van der Waals surface area contributed by atoms with Crippen LogP contribution >= 0.6 is 0 Å². The number of amides is 2. The first-order valence-corrected chi connectivity index (χ1v) is 6.91. The van der Waals surface area contributed by atoms with Crippen LogP contribution in [0.1, 0.15) is 32.9 Å². The predicted octanol–water partition coefficient (Wildman–Crippen LogP) is 1.59. The highest BCUT2D eigenvalue weighted by Crippen LogP contribution is 2.01. The number of carbonyl (C=O) groups is 2. The van der Waals surface area contributed by atoms with Crippen molar-refractivity contribution in [3.05, 3.63) is 30.1 Å². The molecule has 0 spiro atoms. The zero-order valence-electron chi connectivity index (χ0n) is 12.4. The summed E-state index contributed by atoms with van der Waals surface area (Å²) < 4.78 is 0. The lowest BCUT2D eigenvalue weighted by Gasteiger charge is -2.21. The van der Waals surface area contributed by atoms with E-state index in [-0.39, 0.29) is 11.8 Å². The Labute approximate surface area is 120 Å². The highest BCUT2D eigenvalue weighted by molar-refractivity contribution is 5.76. The van der Waals surface area contributed by atoms with E-state index in [1.54, 1.807) is 11.1 Å². The van der Waals surface area contributed by atoms with Gasteiger partial charge in [0, 0.05) is 32.6 Å². The molecule has 1 heterocycles. The summed E-state index contributed by atoms with van der Waals surface area (Å²) in [5.74, 6) is 0.350. The van der Waals surface area contributed by atoms with E-state index in [0.717, 1.165) is 5.69 Å². The molecule has 0 aliphatic rings. The van der Waals surface area contributed by atoms with E-state index in [0.29, 0.717) is 32.0 Å². The molecule has 0 fully saturated rings. The Hall–Kier alpha value is -1.91. The van der Waals surface area contributed by atoms with Crippen LogP contribution in [0.2, 0.25) is 0 Å². The fraction of sp³-hybridized carbons (Fsp3) is 0.533. The van der Waals surface area contributed by atoms with Crippen LogP contribution in [0.5, 0.6) is 0 Å². The summed E-state index contributed by atoms with van der Waals surface area (Å²) in [6.45, 7) is 6.97. The largest absolute Gasteiger partial charge is 0.354 e. The van der Waals surface area contributed by atoms with Crippen molar-refractivity contribution < 1.29 is 9.59 Å². The van der Waals surface area contributed by atoms with Crippen molar-refractivity contribution in [3.8, 4) is 0 Å². The molecule has 5 heteroatoms. The Kier molecular flexibility index (Phi) is 6.70. The predicted molar refractivity (Wildman–Crippen MR) is 77.8 cm³/mol. The molecular weight excluding hydrogens is 254 g/mol. The summed E-state index contributed by atoms with van der Waals surface area (Å²) in [5, 5.41) is 2.83. The molecule has 0 saturated heterocycles. The second kappa shape index (κ2) is 8.30. The van der Waals surface area contributed by atoms with Gasteiger partial charge in [0.25, 0.3) is 0 Å². The molecule has 1 aromatic heterocycles. The van der Waals surface area contributed by atoms with Crippen LogP contribution in [-0.4, -0.2) is 34.8 Å². The molecule has 0 atom stereocenters. The van der Waals surface area contributed by atoms with Crippen molar-refractivity contribution in [1.29, 1.82) is 0 Å². The minimum Gasteiger partial charge on any atom is -0.354 e. The average Bonchev–Trinajstić information content (AvgIpc) is 2.37. The maximum absolute atomic E-state index is 11.6. The van der Waals surface area contributed by atoms with E-state index in [1.165, 1.54) is 6.92 Å². The van der Waals surface area contributed by atoms with E-state index in [4.69, 9.17) is 0 Å². The van der Waals surface area contributed by atoms with Gasteiger partial charge in [0.05, 0.1) is 12.2 Å². The van der Waals surface area contributed by atoms with Gasteiger partial charge in [0.15, 0.2) is 0 Å². The molecule has 1 rings (SSSR count). The minimum absolute atomic E-state index is 0.0197. The van der Waals surface area contributed by atoms with Crippen molar-refractivity contribution in [2.75, 3.05) is 13.1 Å². The van der Waals surface area contributed by atoms with Gasteiger partial charge in [-0.25, -0.2) is 0 Å². The van der Waals surface area contributed by atoms with Gasteiger partial charge in [0.2, 0.25) is 11.8 Å². The lowest BCUT2D eigenvalue weighted by atomic mass is 10.1. The third-order valence-corrected chi connectivity index (χ3v) is 2.82. The number of rotatable bonds is 7. The van der Waals surface area contributed by atoms with E-state index in [1.807, 2.05) is 32.0 Å². The highest BCUT2D eigenvalue weighted by Gasteiger charge is 2.11. The van der Waals surface area contributed by atoms with Crippen LogP contribution in [0.15, 0.2) is 24.4 Å². The molecule has 2 amide bonds. The normalized spacial score (nSPS) is 10.4. The molecule has 0 saturated carbocycles. The fourth-order valence-corrected chi connectivity index (χ4v) is 1.81. The Bertz CT molecular complexity index is 432. The topological polar surface area (TPSA) is 62.3 Å². The van der Waals surface area contributed by atoms with Crippen LogP contribution in [0, 0.1) is 5.92 Å². The molecule has 0 aromatic carbocycles. The summed E-state index contributed by atoms with van der Waals surface area (Å²) in [7, 11) is 0. The smallest absolute Gasteiger partial charge is 0.220 e. The van der Waals surface area contributed by atoms with E-state index in [9.17, 15) is 9.59 Å². The van der Waals surface area contributed by atoms with Crippen LogP contribution in [0.25, 0.3) is 0 Å². The lowest BCUT2D eigenvalue weighted by Crippen LogP contribution is -2.37. The molecule has 0 unspecified atom stereocenters. The molecule has 0 aliphatic carbocycles. The first-order chi connectivity index (χ1) is 9.49. The summed E-state index contributed by atoms with van der Waals surface area (Å²) >= 11 is 0. The van der Waals surface area contributed by atoms with E-state index < -0.39 is 0 Å². The molecule has 0 bridgehead atoms. The lowest BCUT2D eigenvalue weighted by molar-refractivity contribution is -0.130. The van der Waals surface area contributed by atoms with Crippen molar-refractivity contribution in [2.24, 2.45) is 5.92 Å². The van der Waals surface area contributed by atoms with Crippen molar-refractivity contribution in [2.45, 2.75) is 33.7 Å². The standard InChI is InChI=1S/C15H23N3O2/c1-12(2)10-15(20)17-8-9-18(13(3)19)11-14-6-4-5-7-16-14/h4-7,12H,8-11H2,1-3H3,(H,17,20). The molecule has 5 nitrogen and oxygen atoms in total. The number of hydrogen-bond donors (Lipinski definition) is 1. The zero-order chi connectivity index (χ0) is 15.0. The van der Waals surface area contributed by atoms with Gasteiger partial charge in [0.1, 0.15) is 0 Å². The Morgan fingerprint density at radius 3 is 2.65 bits per heavy atom. The van der Waals surface area contributed by atoms with Crippen molar-refractivity contribution in [3.63, 3.8) is 0 Å². The Morgan fingerprint density at radius 1 is 1.35 bits per heavy atom. The van der Waals surface area contributed by atoms with Gasteiger partial charge in [-0.05, 0) is 18.1 Å². The number of nitrogens with zero attached hydrogens (tertiary/aromatic N) is 2. The fourth-order valence-electron chi connectivity index (χ4n) is 1.81. The molecule has 1 aromatic rings. The third-order valence-electron chi connectivity index (χ3n) is 2.82. The van der Waals surface area contributed by atoms with Crippen LogP contribution < -0.4 is 5.32 Å². The van der Waals surface area contributed by atoms with E-state index >= 15 is 0 Å².